The van der Waals surface area contributed by atoms with Crippen LogP contribution in [0.4, 0.5) is 5.69 Å². The molecular formula is C22H20ClN5O4S. The minimum Gasteiger partial charge on any atom is -0.469 e. The molecule has 0 radical (unpaired) electrons. The van der Waals surface area contributed by atoms with Crippen molar-refractivity contribution >= 4 is 40.7 Å². The van der Waals surface area contributed by atoms with Crippen molar-refractivity contribution in [3.8, 4) is 5.69 Å². The third kappa shape index (κ3) is 4.49. The molecule has 3 aromatic rings. The van der Waals surface area contributed by atoms with Crippen LogP contribution in [0.1, 0.15) is 42.8 Å². The van der Waals surface area contributed by atoms with E-state index in [-0.39, 0.29) is 18.1 Å². The number of nitro groups is 1. The van der Waals surface area contributed by atoms with Crippen molar-refractivity contribution in [2.24, 2.45) is 4.99 Å². The third-order valence-electron chi connectivity index (χ3n) is 5.18. The average molecular weight is 486 g/mol. The van der Waals surface area contributed by atoms with E-state index >= 15 is 0 Å². The van der Waals surface area contributed by atoms with Gasteiger partial charge in [-0.2, -0.15) is 0 Å². The Morgan fingerprint density at radius 1 is 1.24 bits per heavy atom. The molecule has 0 saturated heterocycles. The molecule has 0 bridgehead atoms. The Morgan fingerprint density at radius 2 is 2.03 bits per heavy atom. The van der Waals surface area contributed by atoms with E-state index in [0.29, 0.717) is 45.0 Å². The summed E-state index contributed by atoms with van der Waals surface area (Å²) in [5.74, 6) is 0.939. The van der Waals surface area contributed by atoms with Gasteiger partial charge in [0.05, 0.1) is 23.4 Å². The lowest BCUT2D eigenvalue weighted by molar-refractivity contribution is -0.384. The highest BCUT2D eigenvalue weighted by atomic mass is 35.5. The monoisotopic (exact) mass is 485 g/mol. The number of fused-ring (bicyclic) bond motifs is 3. The van der Waals surface area contributed by atoms with Crippen LogP contribution >= 0.6 is 23.4 Å². The van der Waals surface area contributed by atoms with Gasteiger partial charge >= 0.3 is 5.97 Å². The van der Waals surface area contributed by atoms with E-state index < -0.39 is 11.0 Å². The quantitative estimate of drug-likeness (QED) is 0.205. The molecule has 0 spiro atoms. The summed E-state index contributed by atoms with van der Waals surface area (Å²) in [6.07, 6.45) is 0.450. The molecule has 170 valence electrons. The number of non-ortho nitro benzene ring substituents is 1. The van der Waals surface area contributed by atoms with Crippen molar-refractivity contribution in [1.29, 1.82) is 0 Å². The Kier molecular flexibility index (Phi) is 6.75. The molecule has 0 aliphatic carbocycles. The highest BCUT2D eigenvalue weighted by Gasteiger charge is 2.31. The van der Waals surface area contributed by atoms with Crippen LogP contribution < -0.4 is 0 Å². The van der Waals surface area contributed by atoms with Gasteiger partial charge in [-0.3, -0.25) is 24.5 Å². The number of aliphatic imine (C=N–C) groups is 1. The maximum Gasteiger partial charge on any atom is 0.305 e. The number of aromatic nitrogens is 3. The van der Waals surface area contributed by atoms with Gasteiger partial charge in [-0.15, -0.1) is 10.2 Å². The van der Waals surface area contributed by atoms with Gasteiger partial charge in [0.15, 0.2) is 11.0 Å². The van der Waals surface area contributed by atoms with E-state index in [4.69, 9.17) is 21.3 Å². The number of rotatable bonds is 7. The minimum atomic E-state index is -0.541. The van der Waals surface area contributed by atoms with E-state index in [9.17, 15) is 14.9 Å². The normalized spacial score (nSPS) is 14.6. The van der Waals surface area contributed by atoms with Crippen LogP contribution in [0.5, 0.6) is 0 Å². The number of methoxy groups -OCH3 is 1. The maximum absolute atomic E-state index is 11.9. The number of benzene rings is 2. The van der Waals surface area contributed by atoms with Crippen LogP contribution in [0.15, 0.2) is 52.6 Å². The lowest BCUT2D eigenvalue weighted by Crippen LogP contribution is -2.09. The van der Waals surface area contributed by atoms with E-state index in [1.165, 1.54) is 31.0 Å². The number of carbonyl (C=O) groups excluding carboxylic acids is 1. The highest BCUT2D eigenvalue weighted by molar-refractivity contribution is 7.99. The molecular weight excluding hydrogens is 466 g/mol. The van der Waals surface area contributed by atoms with Gasteiger partial charge in [0.25, 0.3) is 5.69 Å². The molecule has 1 aliphatic heterocycles. The van der Waals surface area contributed by atoms with Gasteiger partial charge in [-0.1, -0.05) is 48.5 Å². The van der Waals surface area contributed by atoms with Crippen molar-refractivity contribution in [2.75, 3.05) is 12.9 Å². The second-order valence-electron chi connectivity index (χ2n) is 7.16. The first-order chi connectivity index (χ1) is 15.9. The van der Waals surface area contributed by atoms with Crippen LogP contribution in [0.2, 0.25) is 5.02 Å². The molecule has 1 aliphatic rings. The Hall–Kier alpha value is -3.24. The molecule has 1 aromatic heterocycles. The Bertz CT molecular complexity index is 1260. The van der Waals surface area contributed by atoms with Crippen LogP contribution in [-0.4, -0.2) is 44.2 Å². The largest absolute Gasteiger partial charge is 0.469 e. The fraction of sp³-hybridized carbons (Fsp3) is 0.273. The summed E-state index contributed by atoms with van der Waals surface area (Å²) in [6.45, 7) is 2.00. The van der Waals surface area contributed by atoms with Gasteiger partial charge in [-0.25, -0.2) is 0 Å². The summed E-state index contributed by atoms with van der Waals surface area (Å²) in [6, 6.07) is 11.3. The third-order valence-corrected chi connectivity index (χ3v) is 6.32. The van der Waals surface area contributed by atoms with Crippen molar-refractivity contribution in [1.82, 2.24) is 14.8 Å². The second kappa shape index (κ2) is 9.72. The minimum absolute atomic E-state index is 0.0687. The Balaban J connectivity index is 2.00. The van der Waals surface area contributed by atoms with E-state index in [2.05, 4.69) is 10.2 Å². The number of carbonyl (C=O) groups is 1. The summed E-state index contributed by atoms with van der Waals surface area (Å²) >= 11 is 8.01. The Labute approximate surface area is 199 Å². The van der Waals surface area contributed by atoms with Crippen LogP contribution in [0.25, 0.3) is 5.69 Å². The van der Waals surface area contributed by atoms with Gasteiger partial charge in [0, 0.05) is 34.7 Å². The molecule has 0 saturated carbocycles. The Morgan fingerprint density at radius 3 is 2.73 bits per heavy atom. The smallest absolute Gasteiger partial charge is 0.305 e. The molecule has 4 rings (SSSR count). The van der Waals surface area contributed by atoms with Crippen molar-refractivity contribution < 1.29 is 14.5 Å². The topological polar surface area (TPSA) is 113 Å². The summed E-state index contributed by atoms with van der Waals surface area (Å²) in [4.78, 5) is 28.0. The van der Waals surface area contributed by atoms with Crippen molar-refractivity contribution in [3.63, 3.8) is 0 Å². The number of thioether (sulfide) groups is 1. The summed E-state index contributed by atoms with van der Waals surface area (Å²) in [5.41, 5.74) is 2.26. The fourth-order valence-electron chi connectivity index (χ4n) is 3.67. The van der Waals surface area contributed by atoms with Gasteiger partial charge in [0.1, 0.15) is 6.04 Å². The summed E-state index contributed by atoms with van der Waals surface area (Å²) in [5, 5.41) is 21.4. The highest BCUT2D eigenvalue weighted by Crippen LogP contribution is 2.37. The first kappa shape index (κ1) is 22.9. The lowest BCUT2D eigenvalue weighted by atomic mass is 9.99. The molecule has 9 nitrogen and oxygen atoms in total. The summed E-state index contributed by atoms with van der Waals surface area (Å²) in [7, 11) is 1.33. The number of nitrogens with zero attached hydrogens (tertiary/aromatic N) is 5. The maximum atomic E-state index is 11.9. The number of nitro benzene ring substituents is 1. The number of ether oxygens (including phenoxy) is 1. The zero-order valence-electron chi connectivity index (χ0n) is 17.9. The van der Waals surface area contributed by atoms with Crippen LogP contribution in [0.3, 0.4) is 0 Å². The van der Waals surface area contributed by atoms with Crippen LogP contribution in [0, 0.1) is 10.1 Å². The predicted octanol–water partition coefficient (Wildman–Crippen LogP) is 4.79. The molecule has 1 atom stereocenters. The number of hydrogen-bond donors (Lipinski definition) is 0. The first-order valence-electron chi connectivity index (χ1n) is 10.2. The standard InChI is InChI=1S/C22H20ClN5O4S/c1-3-33-22-26-25-21-17(9-11-19(29)32-2)24-20(14-6-4-5-7-16(14)23)15-12-13(28(30)31)8-10-18(15)27(21)22/h4-8,10,12,17H,3,9,11H2,1-2H3/t17-/m0/s1. The molecule has 0 fully saturated rings. The zero-order chi connectivity index (χ0) is 23.5. The molecule has 2 aromatic carbocycles. The molecule has 0 N–H and O–H groups in total. The van der Waals surface area contributed by atoms with Gasteiger partial charge in [-0.05, 0) is 24.3 Å². The predicted molar refractivity (Wildman–Crippen MR) is 125 cm³/mol. The molecule has 33 heavy (non-hydrogen) atoms. The molecule has 0 unspecified atom stereocenters. The van der Waals surface area contributed by atoms with E-state index in [1.54, 1.807) is 18.2 Å². The summed E-state index contributed by atoms with van der Waals surface area (Å²) < 4.78 is 6.67. The number of hydrogen-bond acceptors (Lipinski definition) is 8. The van der Waals surface area contributed by atoms with E-state index in [0.717, 1.165) is 5.75 Å². The SMILES string of the molecule is CCSc1nnc2n1-c1ccc([N+](=O)[O-])cc1C(c1ccccc1Cl)=N[C@H]2CCC(=O)OC. The van der Waals surface area contributed by atoms with Gasteiger partial charge < -0.3 is 4.74 Å². The van der Waals surface area contributed by atoms with Gasteiger partial charge in [0.2, 0.25) is 0 Å². The van der Waals surface area contributed by atoms with Crippen molar-refractivity contribution in [2.45, 2.75) is 31.0 Å². The zero-order valence-corrected chi connectivity index (χ0v) is 19.5. The van der Waals surface area contributed by atoms with Crippen LogP contribution in [-0.2, 0) is 9.53 Å². The lowest BCUT2D eigenvalue weighted by Gasteiger charge is -2.13. The molecule has 0 amide bonds. The molecule has 2 heterocycles. The van der Waals surface area contributed by atoms with Crippen molar-refractivity contribution in [3.05, 3.63) is 74.6 Å². The fourth-order valence-corrected chi connectivity index (χ4v) is 4.57. The second-order valence-corrected chi connectivity index (χ2v) is 8.79. The number of esters is 1. The van der Waals surface area contributed by atoms with E-state index in [1.807, 2.05) is 23.6 Å². The number of halogens is 1. The first-order valence-corrected chi connectivity index (χ1v) is 11.6. The average Bonchev–Trinajstić information content (AvgIpc) is 3.17. The molecule has 11 heteroatoms.